The Morgan fingerprint density at radius 3 is 2.63 bits per heavy atom. The van der Waals surface area contributed by atoms with Crippen LogP contribution in [0.2, 0.25) is 0 Å². The summed E-state index contributed by atoms with van der Waals surface area (Å²) in [5.41, 5.74) is 2.02. The Morgan fingerprint density at radius 1 is 1.37 bits per heavy atom. The molecule has 3 N–H and O–H groups in total. The standard InChI is InChI=1S/C14H25N3O2/c1-4-17(5-2)9-8-15-7-6-12-13(14(18)19)11(3)10-16-12/h10,15-16H,4-9H2,1-3H3,(H,18,19). The number of aryl methyl sites for hydroxylation is 1. The third-order valence-electron chi connectivity index (χ3n) is 3.42. The molecule has 108 valence electrons. The number of rotatable bonds is 9. The fourth-order valence-electron chi connectivity index (χ4n) is 2.19. The van der Waals surface area contributed by atoms with Gasteiger partial charge in [0.25, 0.3) is 0 Å². The molecule has 5 heteroatoms. The molecule has 0 bridgehead atoms. The number of carboxylic acid groups (broad SMARTS) is 1. The lowest BCUT2D eigenvalue weighted by molar-refractivity contribution is 0.0695. The summed E-state index contributed by atoms with van der Waals surface area (Å²) in [4.78, 5) is 16.5. The summed E-state index contributed by atoms with van der Waals surface area (Å²) in [7, 11) is 0. The van der Waals surface area contributed by atoms with Crippen LogP contribution in [0.3, 0.4) is 0 Å². The summed E-state index contributed by atoms with van der Waals surface area (Å²) < 4.78 is 0. The minimum Gasteiger partial charge on any atom is -0.478 e. The number of aromatic nitrogens is 1. The molecule has 0 saturated carbocycles. The molecule has 1 aromatic rings. The summed E-state index contributed by atoms with van der Waals surface area (Å²) >= 11 is 0. The van der Waals surface area contributed by atoms with Crippen LogP contribution in [0.15, 0.2) is 6.20 Å². The largest absolute Gasteiger partial charge is 0.478 e. The van der Waals surface area contributed by atoms with E-state index in [2.05, 4.69) is 29.0 Å². The van der Waals surface area contributed by atoms with E-state index in [9.17, 15) is 4.79 Å². The highest BCUT2D eigenvalue weighted by atomic mass is 16.4. The first-order valence-corrected chi connectivity index (χ1v) is 6.93. The van der Waals surface area contributed by atoms with Crippen molar-refractivity contribution in [3.8, 4) is 0 Å². The highest BCUT2D eigenvalue weighted by molar-refractivity contribution is 5.90. The smallest absolute Gasteiger partial charge is 0.337 e. The maximum Gasteiger partial charge on any atom is 0.337 e. The molecule has 1 aromatic heterocycles. The molecular weight excluding hydrogens is 242 g/mol. The highest BCUT2D eigenvalue weighted by Crippen LogP contribution is 2.13. The number of hydrogen-bond acceptors (Lipinski definition) is 3. The lowest BCUT2D eigenvalue weighted by Crippen LogP contribution is -2.32. The van der Waals surface area contributed by atoms with Crippen molar-refractivity contribution >= 4 is 5.97 Å². The van der Waals surface area contributed by atoms with Gasteiger partial charge in [-0.15, -0.1) is 0 Å². The van der Waals surface area contributed by atoms with E-state index < -0.39 is 5.97 Å². The summed E-state index contributed by atoms with van der Waals surface area (Å²) in [6.45, 7) is 11.0. The summed E-state index contributed by atoms with van der Waals surface area (Å²) in [6.07, 6.45) is 2.47. The lowest BCUT2D eigenvalue weighted by Gasteiger charge is -2.17. The predicted octanol–water partition coefficient (Wildman–Crippen LogP) is 1.50. The number of carbonyl (C=O) groups is 1. The molecule has 0 aliphatic rings. The number of hydrogen-bond donors (Lipinski definition) is 3. The number of aromatic amines is 1. The zero-order valence-electron chi connectivity index (χ0n) is 12.1. The predicted molar refractivity (Wildman–Crippen MR) is 76.9 cm³/mol. The van der Waals surface area contributed by atoms with Gasteiger partial charge in [0.2, 0.25) is 0 Å². The quantitative estimate of drug-likeness (QED) is 0.593. The molecule has 1 rings (SSSR count). The first kappa shape index (κ1) is 15.7. The molecule has 5 nitrogen and oxygen atoms in total. The fourth-order valence-corrected chi connectivity index (χ4v) is 2.19. The Balaban J connectivity index is 2.32. The molecule has 0 atom stereocenters. The second-order valence-electron chi connectivity index (χ2n) is 4.66. The molecule has 0 radical (unpaired) electrons. The van der Waals surface area contributed by atoms with Gasteiger partial charge in [0.05, 0.1) is 5.56 Å². The lowest BCUT2D eigenvalue weighted by atomic mass is 10.1. The van der Waals surface area contributed by atoms with Gasteiger partial charge in [-0.2, -0.15) is 0 Å². The summed E-state index contributed by atoms with van der Waals surface area (Å²) in [5.74, 6) is -0.850. The van der Waals surface area contributed by atoms with Crippen molar-refractivity contribution in [2.75, 3.05) is 32.7 Å². The molecule has 19 heavy (non-hydrogen) atoms. The van der Waals surface area contributed by atoms with Gasteiger partial charge in [-0.3, -0.25) is 0 Å². The molecule has 0 saturated heterocycles. The van der Waals surface area contributed by atoms with E-state index in [-0.39, 0.29) is 0 Å². The third kappa shape index (κ3) is 4.69. The van der Waals surface area contributed by atoms with E-state index in [0.717, 1.165) is 44.0 Å². The van der Waals surface area contributed by atoms with Crippen LogP contribution in [0.1, 0.15) is 35.5 Å². The van der Waals surface area contributed by atoms with Crippen molar-refractivity contribution in [1.82, 2.24) is 15.2 Å². The number of nitrogens with zero attached hydrogens (tertiary/aromatic N) is 1. The zero-order chi connectivity index (χ0) is 14.3. The van der Waals surface area contributed by atoms with Gasteiger partial charge in [0.1, 0.15) is 0 Å². The Bertz CT molecular complexity index is 397. The van der Waals surface area contributed by atoms with Gasteiger partial charge in [-0.1, -0.05) is 13.8 Å². The van der Waals surface area contributed by atoms with Crippen molar-refractivity contribution < 1.29 is 9.90 Å². The molecule has 0 unspecified atom stereocenters. The molecule has 0 aliphatic heterocycles. The van der Waals surface area contributed by atoms with Crippen LogP contribution in [-0.2, 0) is 6.42 Å². The average molecular weight is 267 g/mol. The first-order valence-electron chi connectivity index (χ1n) is 6.93. The van der Waals surface area contributed by atoms with Crippen LogP contribution in [0.25, 0.3) is 0 Å². The number of nitrogens with one attached hydrogen (secondary N) is 2. The fraction of sp³-hybridized carbons (Fsp3) is 0.643. The number of likely N-dealkylation sites (N-methyl/N-ethyl adjacent to an activating group) is 1. The Morgan fingerprint density at radius 2 is 2.05 bits per heavy atom. The third-order valence-corrected chi connectivity index (χ3v) is 3.42. The topological polar surface area (TPSA) is 68.4 Å². The first-order chi connectivity index (χ1) is 9.10. The van der Waals surface area contributed by atoms with Crippen LogP contribution in [0, 0.1) is 6.92 Å². The Hall–Kier alpha value is -1.33. The number of carboxylic acids is 1. The zero-order valence-corrected chi connectivity index (χ0v) is 12.1. The monoisotopic (exact) mass is 267 g/mol. The van der Waals surface area contributed by atoms with Gasteiger partial charge in [0, 0.05) is 37.9 Å². The van der Waals surface area contributed by atoms with Crippen LogP contribution < -0.4 is 5.32 Å². The van der Waals surface area contributed by atoms with Gasteiger partial charge >= 0.3 is 5.97 Å². The molecule has 0 amide bonds. The molecule has 0 aromatic carbocycles. The van der Waals surface area contributed by atoms with E-state index in [0.29, 0.717) is 12.0 Å². The Labute approximate surface area is 115 Å². The van der Waals surface area contributed by atoms with Crippen molar-refractivity contribution in [1.29, 1.82) is 0 Å². The van der Waals surface area contributed by atoms with E-state index in [1.54, 1.807) is 6.20 Å². The molecule has 0 spiro atoms. The van der Waals surface area contributed by atoms with Crippen molar-refractivity contribution in [3.63, 3.8) is 0 Å². The van der Waals surface area contributed by atoms with E-state index in [1.165, 1.54) is 0 Å². The average Bonchev–Trinajstić information content (AvgIpc) is 2.75. The SMILES string of the molecule is CCN(CC)CCNCCc1[nH]cc(C)c1C(=O)O. The second kappa shape index (κ2) is 7.96. The van der Waals surface area contributed by atoms with E-state index in [1.807, 2.05) is 6.92 Å². The van der Waals surface area contributed by atoms with Crippen molar-refractivity contribution in [2.24, 2.45) is 0 Å². The van der Waals surface area contributed by atoms with Crippen LogP contribution in [0.5, 0.6) is 0 Å². The van der Waals surface area contributed by atoms with Crippen LogP contribution in [0.4, 0.5) is 0 Å². The minimum absolute atomic E-state index is 0.422. The van der Waals surface area contributed by atoms with E-state index >= 15 is 0 Å². The number of aromatic carboxylic acids is 1. The maximum absolute atomic E-state index is 11.1. The molecule has 0 fully saturated rings. The van der Waals surface area contributed by atoms with Crippen LogP contribution >= 0.6 is 0 Å². The van der Waals surface area contributed by atoms with Gasteiger partial charge in [-0.05, 0) is 25.6 Å². The second-order valence-corrected chi connectivity index (χ2v) is 4.66. The normalized spacial score (nSPS) is 11.2. The summed E-state index contributed by atoms with van der Waals surface area (Å²) in [6, 6.07) is 0. The van der Waals surface area contributed by atoms with Crippen molar-refractivity contribution in [2.45, 2.75) is 27.2 Å². The van der Waals surface area contributed by atoms with Crippen molar-refractivity contribution in [3.05, 3.63) is 23.0 Å². The number of H-pyrrole nitrogens is 1. The van der Waals surface area contributed by atoms with Gasteiger partial charge < -0.3 is 20.3 Å². The molecule has 0 aliphatic carbocycles. The van der Waals surface area contributed by atoms with Gasteiger partial charge in [-0.25, -0.2) is 4.79 Å². The Kier molecular flexibility index (Phi) is 6.59. The molecular formula is C14H25N3O2. The molecule has 1 heterocycles. The minimum atomic E-state index is -0.850. The highest BCUT2D eigenvalue weighted by Gasteiger charge is 2.14. The van der Waals surface area contributed by atoms with Crippen LogP contribution in [-0.4, -0.2) is 53.7 Å². The van der Waals surface area contributed by atoms with E-state index in [4.69, 9.17) is 5.11 Å². The summed E-state index contributed by atoms with van der Waals surface area (Å²) in [5, 5.41) is 12.5. The van der Waals surface area contributed by atoms with Gasteiger partial charge in [0.15, 0.2) is 0 Å². The maximum atomic E-state index is 11.1.